The molecule has 2 heterocycles. The Morgan fingerprint density at radius 3 is 1.91 bits per heavy atom. The van der Waals surface area contributed by atoms with E-state index in [1.54, 1.807) is 4.68 Å². The zero-order valence-electron chi connectivity index (χ0n) is 27.1. The summed E-state index contributed by atoms with van der Waals surface area (Å²) in [7, 11) is -0.265. The normalized spacial score (nSPS) is 16.1. The Balaban J connectivity index is 1.51. The summed E-state index contributed by atoms with van der Waals surface area (Å²) < 4.78 is 14.1. The van der Waals surface area contributed by atoms with E-state index >= 15 is 0 Å². The quantitative estimate of drug-likeness (QED) is 0.0855. The van der Waals surface area contributed by atoms with Crippen molar-refractivity contribution >= 4 is 13.0 Å². The minimum atomic E-state index is -0.761. The number of aromatic nitrogens is 4. The smallest absolute Gasteiger partial charge is 0.403 e. The second-order valence-corrected chi connectivity index (χ2v) is 12.7. The van der Waals surface area contributed by atoms with Crippen molar-refractivity contribution in [3.8, 4) is 12.3 Å². The minimum Gasteiger partial charge on any atom is -0.403 e. The Hall–Kier alpha value is -4.30. The molecule has 1 unspecified atom stereocenters. The molecule has 0 saturated carbocycles. The average molecular weight is 619 g/mol. The summed E-state index contributed by atoms with van der Waals surface area (Å²) in [6.07, 6.45) is 8.53. The number of unbranched alkanes of at least 4 members (excludes halogenated alkanes) is 1. The summed E-state index contributed by atoms with van der Waals surface area (Å²) in [6.45, 7) is 8.37. The third kappa shape index (κ3) is 7.23. The van der Waals surface area contributed by atoms with Gasteiger partial charge in [0.15, 0.2) is 5.82 Å². The number of hydrogen-bond acceptors (Lipinski definition) is 7. The van der Waals surface area contributed by atoms with Gasteiger partial charge in [-0.2, -0.15) is 0 Å². The van der Waals surface area contributed by atoms with Crippen molar-refractivity contribution in [3.05, 3.63) is 114 Å². The highest BCUT2D eigenvalue weighted by molar-refractivity contribution is 6.45. The van der Waals surface area contributed by atoms with Crippen molar-refractivity contribution < 1.29 is 14.1 Å². The second-order valence-electron chi connectivity index (χ2n) is 12.7. The fraction of sp³-hybridized carbons (Fsp3) is 0.389. The summed E-state index contributed by atoms with van der Waals surface area (Å²) >= 11 is 0. The molecule has 3 aromatic carbocycles. The second kappa shape index (κ2) is 14.4. The van der Waals surface area contributed by atoms with Gasteiger partial charge in [-0.1, -0.05) is 110 Å². The molecule has 1 atom stereocenters. The van der Waals surface area contributed by atoms with Crippen LogP contribution in [0.15, 0.2) is 91.0 Å². The van der Waals surface area contributed by atoms with Gasteiger partial charge >= 0.3 is 7.12 Å². The molecule has 9 nitrogen and oxygen atoms in total. The van der Waals surface area contributed by atoms with Crippen molar-refractivity contribution in [2.45, 2.75) is 82.6 Å². The predicted molar refractivity (Wildman–Crippen MR) is 179 cm³/mol. The van der Waals surface area contributed by atoms with Crippen LogP contribution in [0.2, 0.25) is 6.32 Å². The monoisotopic (exact) mass is 618 g/mol. The summed E-state index contributed by atoms with van der Waals surface area (Å²) in [4.78, 5) is 12.7. The maximum Gasteiger partial charge on any atom is 0.457 e. The molecular formula is C36H43BN6O3. The standard InChI is InChI=1S/C36H43BN6O3/c1-6-26-38-32(44)27-43-33(40-41-42-43)31(24-16-17-25-37-45-34(2,3)35(4,5)46-37)39-36(28-18-10-7-11-19-28,29-20-12-8-13-21-29)30-22-14-9-15-23-30/h1,7-15,18-23,31,39H,16-17,24-27H2,2-5H3,(H,38,44). The summed E-state index contributed by atoms with van der Waals surface area (Å²) in [5.74, 6) is 2.75. The lowest BCUT2D eigenvalue weighted by molar-refractivity contribution is -0.121. The number of benzene rings is 3. The molecule has 1 fully saturated rings. The zero-order chi connectivity index (χ0) is 32.6. The highest BCUT2D eigenvalue weighted by atomic mass is 16.7. The van der Waals surface area contributed by atoms with Crippen LogP contribution in [0.3, 0.4) is 0 Å². The lowest BCUT2D eigenvalue weighted by Gasteiger charge is -2.40. The van der Waals surface area contributed by atoms with E-state index in [1.807, 2.05) is 18.2 Å². The van der Waals surface area contributed by atoms with Gasteiger partial charge in [0.05, 0.1) is 29.3 Å². The van der Waals surface area contributed by atoms with Crippen LogP contribution in [0, 0.1) is 12.3 Å². The number of hydrogen-bond donors (Lipinski definition) is 2. The molecule has 4 aromatic rings. The molecule has 0 aliphatic carbocycles. The number of nitrogens with zero attached hydrogens (tertiary/aromatic N) is 4. The van der Waals surface area contributed by atoms with Gasteiger partial charge in [0.25, 0.3) is 0 Å². The molecule has 0 spiro atoms. The third-order valence-corrected chi connectivity index (χ3v) is 9.05. The molecule has 1 amide bonds. The topological polar surface area (TPSA) is 103 Å². The number of terminal acetylenes is 1. The van der Waals surface area contributed by atoms with E-state index in [0.29, 0.717) is 12.2 Å². The Morgan fingerprint density at radius 1 is 0.891 bits per heavy atom. The first-order valence-electron chi connectivity index (χ1n) is 15.9. The maximum atomic E-state index is 12.7. The molecule has 5 rings (SSSR count). The first kappa shape index (κ1) is 33.1. The van der Waals surface area contributed by atoms with E-state index in [-0.39, 0.29) is 43.4 Å². The van der Waals surface area contributed by atoms with E-state index in [1.165, 1.54) is 0 Å². The molecule has 1 aromatic heterocycles. The fourth-order valence-corrected chi connectivity index (χ4v) is 6.00. The Morgan fingerprint density at radius 2 is 1.41 bits per heavy atom. The number of rotatable bonds is 14. The first-order valence-corrected chi connectivity index (χ1v) is 15.9. The van der Waals surface area contributed by atoms with E-state index in [4.69, 9.17) is 15.7 Å². The Labute approximate surface area is 272 Å². The Kier molecular flexibility index (Phi) is 10.4. The SMILES string of the molecule is C#CCNC(=O)Cn1nnnc1C(CCCCB1OC(C)(C)C(C)(C)O1)NC(c1ccccc1)(c1ccccc1)c1ccccc1. The number of nitrogens with one attached hydrogen (secondary N) is 2. The molecule has 1 aliphatic heterocycles. The van der Waals surface area contributed by atoms with Crippen LogP contribution < -0.4 is 10.6 Å². The van der Waals surface area contributed by atoms with Gasteiger partial charge in [-0.25, -0.2) is 4.68 Å². The zero-order valence-corrected chi connectivity index (χ0v) is 27.1. The molecule has 0 bridgehead atoms. The number of carbonyl (C=O) groups excluding carboxylic acids is 1. The molecule has 238 valence electrons. The summed E-state index contributed by atoms with van der Waals surface area (Å²) in [5, 5.41) is 19.5. The lowest BCUT2D eigenvalue weighted by Crippen LogP contribution is -2.47. The third-order valence-electron chi connectivity index (χ3n) is 9.05. The summed E-state index contributed by atoms with van der Waals surface area (Å²) in [5.41, 5.74) is 1.71. The van der Waals surface area contributed by atoms with Crippen LogP contribution in [0.1, 0.15) is 75.5 Å². The molecule has 2 N–H and O–H groups in total. The van der Waals surface area contributed by atoms with Gasteiger partial charge in [0.2, 0.25) is 5.91 Å². The first-order chi connectivity index (χ1) is 22.2. The number of tetrazole rings is 1. The number of amides is 1. The number of carbonyl (C=O) groups is 1. The fourth-order valence-electron chi connectivity index (χ4n) is 6.00. The van der Waals surface area contributed by atoms with E-state index in [2.05, 4.69) is 133 Å². The highest BCUT2D eigenvalue weighted by Gasteiger charge is 2.50. The Bertz CT molecular complexity index is 1490. The van der Waals surface area contributed by atoms with E-state index < -0.39 is 5.54 Å². The lowest BCUT2D eigenvalue weighted by atomic mass is 9.76. The summed E-state index contributed by atoms with van der Waals surface area (Å²) in [6, 6.07) is 30.9. The molecule has 1 saturated heterocycles. The van der Waals surface area contributed by atoms with Crippen LogP contribution in [-0.2, 0) is 26.2 Å². The van der Waals surface area contributed by atoms with E-state index in [9.17, 15) is 4.79 Å². The van der Waals surface area contributed by atoms with Crippen LogP contribution in [0.25, 0.3) is 0 Å². The van der Waals surface area contributed by atoms with Crippen molar-refractivity contribution in [1.82, 2.24) is 30.8 Å². The average Bonchev–Trinajstić information content (AvgIpc) is 3.60. The predicted octanol–water partition coefficient (Wildman–Crippen LogP) is 5.31. The maximum absolute atomic E-state index is 12.7. The van der Waals surface area contributed by atoms with Crippen molar-refractivity contribution in [2.24, 2.45) is 0 Å². The van der Waals surface area contributed by atoms with Crippen LogP contribution in [-0.4, -0.2) is 51.0 Å². The van der Waals surface area contributed by atoms with Gasteiger partial charge in [0.1, 0.15) is 6.54 Å². The van der Waals surface area contributed by atoms with Gasteiger partial charge in [-0.15, -0.1) is 11.5 Å². The van der Waals surface area contributed by atoms with Crippen LogP contribution >= 0.6 is 0 Å². The van der Waals surface area contributed by atoms with Crippen molar-refractivity contribution in [3.63, 3.8) is 0 Å². The largest absolute Gasteiger partial charge is 0.457 e. The van der Waals surface area contributed by atoms with E-state index in [0.717, 1.165) is 35.9 Å². The van der Waals surface area contributed by atoms with Gasteiger partial charge in [-0.05, 0) is 67.6 Å². The van der Waals surface area contributed by atoms with Gasteiger partial charge in [0, 0.05) is 0 Å². The minimum absolute atomic E-state index is 0.0505. The van der Waals surface area contributed by atoms with Crippen LogP contribution in [0.5, 0.6) is 0 Å². The van der Waals surface area contributed by atoms with Gasteiger partial charge in [-0.3, -0.25) is 10.1 Å². The molecule has 10 heteroatoms. The van der Waals surface area contributed by atoms with Crippen molar-refractivity contribution in [1.29, 1.82) is 0 Å². The van der Waals surface area contributed by atoms with Gasteiger partial charge < -0.3 is 14.6 Å². The molecule has 0 radical (unpaired) electrons. The molecule has 1 aliphatic rings. The highest BCUT2D eigenvalue weighted by Crippen LogP contribution is 2.41. The molecular weight excluding hydrogens is 575 g/mol. The molecule has 46 heavy (non-hydrogen) atoms. The van der Waals surface area contributed by atoms with Crippen LogP contribution in [0.4, 0.5) is 0 Å². The van der Waals surface area contributed by atoms with Crippen molar-refractivity contribution in [2.75, 3.05) is 6.54 Å².